The molecule has 1 aromatic heterocycles. The molecule has 24 nitrogen and oxygen atoms in total. The molecule has 0 amide bonds. The van der Waals surface area contributed by atoms with Crippen LogP contribution in [0.1, 0.15) is 6.42 Å². The molecular weight excluding hydrogens is 981 g/mol. The third-order valence-corrected chi connectivity index (χ3v) is 10.6. The molecule has 0 radical (unpaired) electrons. The van der Waals surface area contributed by atoms with Gasteiger partial charge in [0.2, 0.25) is 16.9 Å². The van der Waals surface area contributed by atoms with E-state index in [1.54, 1.807) is 0 Å². The Morgan fingerprint density at radius 1 is 0.523 bits per heavy atom. The number of H-pyrrole nitrogens is 3. The molecule has 0 aliphatic carbocycles. The fourth-order valence-electron chi connectivity index (χ4n) is 4.78. The van der Waals surface area contributed by atoms with Gasteiger partial charge >= 0.3 is 118 Å². The summed E-state index contributed by atoms with van der Waals surface area (Å²) in [6.07, 6.45) is -0.207. The molecule has 32 heteroatoms. The zero-order valence-electron chi connectivity index (χ0n) is 35.1. The molecule has 65 heavy (non-hydrogen) atoms. The Hall–Kier alpha value is -2.27. The molecule has 1 heterocycles. The van der Waals surface area contributed by atoms with E-state index in [1.807, 2.05) is 0 Å². The Balaban J connectivity index is 0.00000528. The van der Waals surface area contributed by atoms with Crippen LogP contribution in [0.5, 0.6) is 11.5 Å². The van der Waals surface area contributed by atoms with E-state index in [9.17, 15) is 51.9 Å². The minimum Gasteiger partial charge on any atom is -0.748 e. The van der Waals surface area contributed by atoms with Gasteiger partial charge in [0.15, 0.2) is 0 Å². The molecule has 0 atom stereocenters. The standard InChI is InChI=1S/C33H34N10O14S4.4Na/c1-56-29-19-23(42-40-21-5-2-7-25(17-21)60(50,51)52)9-11-27(29)35-32-37-31(34-13-16-59(47,48)49)38-33(39-32)36-28-12-10-24(20-30(28)57-14-4-15-58(44,45)46)43-41-22-6-3-8-26(18-22)61(53,54)55;;;;/h2-3,5-12,17-20H,4,13-16H2,1H3,(H,44,45,46)(H,47,48,49)(H,50,51,52)(H,53,54,55)(H3,34,35,36,37,38,39);;;;/q;4*+1/p-4. The fourth-order valence-corrected chi connectivity index (χ4v) is 6.58. The SMILES string of the molecule is COc1cc(N=Nc2cccc(S(=O)(=O)[O-])c2)ccc1N=c1[nH]c(=NCCS(=O)(=O)[O-])[nH]c(=Nc2ccc(N=Nc3cccc(S(=O)(=O)[O-])c3)cc2OCCCS(=O)(=O)[O-])[nH]1.[Na+].[Na+].[Na+].[Na+]. The van der Waals surface area contributed by atoms with Gasteiger partial charge in [-0.3, -0.25) is 19.9 Å². The average molecular weight is 1010 g/mol. The van der Waals surface area contributed by atoms with Crippen LogP contribution in [0.25, 0.3) is 0 Å². The first kappa shape index (κ1) is 60.7. The fraction of sp³-hybridized carbons (Fsp3) is 0.182. The molecule has 5 aromatic rings. The summed E-state index contributed by atoms with van der Waals surface area (Å²) in [6, 6.07) is 18.2. The number of aromatic amines is 3. The van der Waals surface area contributed by atoms with E-state index in [0.29, 0.717) is 0 Å². The number of ether oxygens (including phenoxy) is 2. The van der Waals surface area contributed by atoms with Crippen LogP contribution in [0.2, 0.25) is 0 Å². The van der Waals surface area contributed by atoms with Crippen LogP contribution in [0.4, 0.5) is 34.1 Å². The van der Waals surface area contributed by atoms with Crippen LogP contribution in [-0.4, -0.2) is 98.6 Å². The number of methoxy groups -OCH3 is 1. The van der Waals surface area contributed by atoms with Crippen molar-refractivity contribution in [2.75, 3.05) is 31.8 Å². The maximum atomic E-state index is 11.4. The molecule has 4 aromatic carbocycles. The van der Waals surface area contributed by atoms with E-state index in [4.69, 9.17) is 9.47 Å². The molecule has 5 rings (SSSR count). The van der Waals surface area contributed by atoms with Gasteiger partial charge in [0, 0.05) is 17.9 Å². The number of nitrogens with one attached hydrogen (secondary N) is 3. The summed E-state index contributed by atoms with van der Waals surface area (Å²) in [6.45, 7) is -0.757. The van der Waals surface area contributed by atoms with Gasteiger partial charge in [0.1, 0.15) is 43.1 Å². The number of nitrogens with zero attached hydrogens (tertiary/aromatic N) is 7. The maximum absolute atomic E-state index is 11.4. The van der Waals surface area contributed by atoms with Crippen LogP contribution in [0.15, 0.2) is 130 Å². The third kappa shape index (κ3) is 20.9. The first-order valence-corrected chi connectivity index (χ1v) is 22.9. The van der Waals surface area contributed by atoms with Crippen LogP contribution < -0.4 is 145 Å². The van der Waals surface area contributed by atoms with E-state index >= 15 is 0 Å². The monoisotopic (exact) mass is 1010 g/mol. The second-order valence-corrected chi connectivity index (χ2v) is 17.9. The summed E-state index contributed by atoms with van der Waals surface area (Å²) in [5.41, 5.74) is 0.409. The van der Waals surface area contributed by atoms with Crippen molar-refractivity contribution in [3.63, 3.8) is 0 Å². The molecule has 324 valence electrons. The Morgan fingerprint density at radius 3 is 1.37 bits per heavy atom. The second-order valence-electron chi connectivity index (χ2n) is 12.1. The van der Waals surface area contributed by atoms with Gasteiger partial charge in [-0.2, -0.15) is 20.5 Å². The minimum atomic E-state index is -4.78. The summed E-state index contributed by atoms with van der Waals surface area (Å²) in [5, 5.41) is 16.0. The summed E-state index contributed by atoms with van der Waals surface area (Å²) >= 11 is 0. The second kappa shape index (κ2) is 27.1. The first-order valence-electron chi connectivity index (χ1n) is 16.9. The Morgan fingerprint density at radius 2 is 0.938 bits per heavy atom. The normalized spacial score (nSPS) is 12.8. The van der Waals surface area contributed by atoms with Gasteiger partial charge in [0.05, 0.1) is 78.8 Å². The van der Waals surface area contributed by atoms with Gasteiger partial charge < -0.3 is 27.7 Å². The molecule has 0 bridgehead atoms. The number of aromatic nitrogens is 3. The third-order valence-electron chi connectivity index (χ3n) is 7.46. The van der Waals surface area contributed by atoms with E-state index in [2.05, 4.69) is 50.4 Å². The molecule has 0 unspecified atom stereocenters. The van der Waals surface area contributed by atoms with E-state index in [0.717, 1.165) is 24.3 Å². The van der Waals surface area contributed by atoms with Gasteiger partial charge in [-0.25, -0.2) is 43.7 Å². The summed E-state index contributed by atoms with van der Waals surface area (Å²) in [7, 11) is -17.4. The van der Waals surface area contributed by atoms with Crippen LogP contribution in [0, 0.1) is 0 Å². The average Bonchev–Trinajstić information content (AvgIpc) is 3.17. The predicted molar refractivity (Wildman–Crippen MR) is 206 cm³/mol. The topological polar surface area (TPSA) is 381 Å². The van der Waals surface area contributed by atoms with Gasteiger partial charge in [0.25, 0.3) is 0 Å². The number of rotatable bonds is 17. The summed E-state index contributed by atoms with van der Waals surface area (Å²) < 4.78 is 147. The van der Waals surface area contributed by atoms with Crippen LogP contribution >= 0.6 is 0 Å². The van der Waals surface area contributed by atoms with Crippen LogP contribution in [0.3, 0.4) is 0 Å². The molecule has 0 saturated carbocycles. The molecule has 0 aliphatic heterocycles. The molecule has 0 spiro atoms. The van der Waals surface area contributed by atoms with Crippen molar-refractivity contribution in [2.45, 2.75) is 16.2 Å². The predicted octanol–water partition coefficient (Wildman–Crippen LogP) is -9.44. The smallest absolute Gasteiger partial charge is 0.748 e. The largest absolute Gasteiger partial charge is 1.00 e. The van der Waals surface area contributed by atoms with Crippen molar-refractivity contribution in [3.8, 4) is 11.5 Å². The molecule has 3 N–H and O–H groups in total. The van der Waals surface area contributed by atoms with Gasteiger partial charge in [-0.15, -0.1) is 0 Å². The minimum absolute atomic E-state index is 0. The van der Waals surface area contributed by atoms with Crippen molar-refractivity contribution < 1.29 is 180 Å². The molecule has 0 fully saturated rings. The summed E-state index contributed by atoms with van der Waals surface area (Å²) in [4.78, 5) is 20.5. The molecular formula is C33H30N10Na4O14S4. The van der Waals surface area contributed by atoms with Crippen molar-refractivity contribution in [1.82, 2.24) is 15.0 Å². The van der Waals surface area contributed by atoms with E-state index < -0.39 is 68.3 Å². The first-order chi connectivity index (χ1) is 28.6. The van der Waals surface area contributed by atoms with Crippen molar-refractivity contribution in [1.29, 1.82) is 0 Å². The zero-order chi connectivity index (χ0) is 44.4. The van der Waals surface area contributed by atoms with Crippen LogP contribution in [-0.2, 0) is 40.5 Å². The quantitative estimate of drug-likeness (QED) is 0.0337. The number of benzene rings is 4. The number of azo groups is 2. The summed E-state index contributed by atoms with van der Waals surface area (Å²) in [5.74, 6) is -1.46. The van der Waals surface area contributed by atoms with E-state index in [1.165, 1.54) is 67.8 Å². The Bertz CT molecular complexity index is 3190. The van der Waals surface area contributed by atoms with Crippen molar-refractivity contribution >= 4 is 74.6 Å². The number of hydrogen-bond donors (Lipinski definition) is 3. The Labute approximate surface area is 459 Å². The number of hydrogen-bond acceptors (Lipinski definition) is 21. The van der Waals surface area contributed by atoms with E-state index in [-0.39, 0.29) is 194 Å². The zero-order valence-corrected chi connectivity index (χ0v) is 46.4. The Kier molecular flexibility index (Phi) is 25.3. The van der Waals surface area contributed by atoms with Gasteiger partial charge in [-0.1, -0.05) is 12.1 Å². The van der Waals surface area contributed by atoms with Crippen molar-refractivity contribution in [2.24, 2.45) is 35.4 Å². The molecule has 0 aliphatic rings. The van der Waals surface area contributed by atoms with Gasteiger partial charge in [-0.05, 0) is 67.1 Å². The van der Waals surface area contributed by atoms with Crippen molar-refractivity contribution in [3.05, 3.63) is 102 Å². The molecule has 0 saturated heterocycles. The maximum Gasteiger partial charge on any atom is 1.00 e.